The number of rotatable bonds is 3. The number of imide groups is 1. The predicted molar refractivity (Wildman–Crippen MR) is 81.8 cm³/mol. The third-order valence-corrected chi connectivity index (χ3v) is 4.26. The smallest absolute Gasteiger partial charge is 0.333 e. The lowest BCUT2D eigenvalue weighted by Gasteiger charge is -2.13. The van der Waals surface area contributed by atoms with E-state index >= 15 is 0 Å². The Bertz CT molecular complexity index is 734. The maximum Gasteiger partial charge on any atom is 0.333 e. The Labute approximate surface area is 132 Å². The molecule has 0 spiro atoms. The fourth-order valence-corrected chi connectivity index (χ4v) is 3.17. The fourth-order valence-electron chi connectivity index (χ4n) is 3.17. The summed E-state index contributed by atoms with van der Waals surface area (Å²) < 4.78 is 1.70. The molecule has 118 valence electrons. The number of aliphatic hydroxyl groups is 1. The van der Waals surface area contributed by atoms with E-state index in [0.717, 1.165) is 10.5 Å². The van der Waals surface area contributed by atoms with Crippen LogP contribution in [0.2, 0.25) is 0 Å². The van der Waals surface area contributed by atoms with Crippen LogP contribution in [0, 0.1) is 0 Å². The highest BCUT2D eigenvalue weighted by atomic mass is 16.3. The maximum atomic E-state index is 12.4. The molecule has 0 saturated carbocycles. The Kier molecular flexibility index (Phi) is 3.16. The molecule has 0 aliphatic carbocycles. The fraction of sp³-hybridized carbons (Fsp3) is 0.312. The average Bonchev–Trinajstić information content (AvgIpc) is 3.19. The number of hydrogen-bond acceptors (Lipinski definition) is 4. The minimum Gasteiger partial charge on any atom is -0.391 e. The van der Waals surface area contributed by atoms with Gasteiger partial charge in [0.15, 0.2) is 5.82 Å². The summed E-state index contributed by atoms with van der Waals surface area (Å²) in [5, 5.41) is 14.0. The van der Waals surface area contributed by atoms with Crippen molar-refractivity contribution < 1.29 is 14.7 Å². The molecule has 2 aliphatic heterocycles. The van der Waals surface area contributed by atoms with E-state index in [4.69, 9.17) is 0 Å². The van der Waals surface area contributed by atoms with Crippen molar-refractivity contribution in [3.8, 4) is 0 Å². The number of nitrogens with zero attached hydrogens (tertiary/aromatic N) is 4. The van der Waals surface area contributed by atoms with Gasteiger partial charge in [-0.1, -0.05) is 30.3 Å². The lowest BCUT2D eigenvalue weighted by molar-refractivity contribution is -0.119. The molecule has 23 heavy (non-hydrogen) atoms. The van der Waals surface area contributed by atoms with E-state index in [1.54, 1.807) is 16.9 Å². The summed E-state index contributed by atoms with van der Waals surface area (Å²) in [7, 11) is 0. The minimum atomic E-state index is -0.620. The van der Waals surface area contributed by atoms with E-state index in [-0.39, 0.29) is 12.5 Å². The zero-order chi connectivity index (χ0) is 16.0. The average molecular weight is 312 g/mol. The lowest BCUT2D eigenvalue weighted by atomic mass is 10.2. The SMILES string of the molecule is O=C1[C@@H]2C[C@@H](O)CN2C(=O)N1c1ccn(Cc2ccccc2)n1. The van der Waals surface area contributed by atoms with Gasteiger partial charge in [0.25, 0.3) is 5.91 Å². The quantitative estimate of drug-likeness (QED) is 0.852. The van der Waals surface area contributed by atoms with E-state index < -0.39 is 18.2 Å². The third-order valence-electron chi connectivity index (χ3n) is 4.26. The van der Waals surface area contributed by atoms with Crippen LogP contribution in [0.15, 0.2) is 42.6 Å². The van der Waals surface area contributed by atoms with Gasteiger partial charge in [-0.3, -0.25) is 9.48 Å². The molecule has 1 N–H and O–H groups in total. The molecule has 4 rings (SSSR count). The summed E-state index contributed by atoms with van der Waals surface area (Å²) in [5.41, 5.74) is 1.09. The van der Waals surface area contributed by atoms with Gasteiger partial charge in [-0.15, -0.1) is 0 Å². The summed E-state index contributed by atoms with van der Waals surface area (Å²) in [5.74, 6) is 0.0244. The van der Waals surface area contributed by atoms with Gasteiger partial charge in [0.05, 0.1) is 12.6 Å². The topological polar surface area (TPSA) is 78.7 Å². The zero-order valence-corrected chi connectivity index (χ0v) is 12.4. The van der Waals surface area contributed by atoms with Crippen LogP contribution >= 0.6 is 0 Å². The lowest BCUT2D eigenvalue weighted by Crippen LogP contribution is -2.35. The van der Waals surface area contributed by atoms with Crippen molar-refractivity contribution in [2.75, 3.05) is 11.4 Å². The van der Waals surface area contributed by atoms with Crippen molar-refractivity contribution in [2.24, 2.45) is 0 Å². The molecule has 0 radical (unpaired) electrons. The number of anilines is 1. The van der Waals surface area contributed by atoms with Gasteiger partial charge in [0.2, 0.25) is 0 Å². The van der Waals surface area contributed by atoms with Gasteiger partial charge >= 0.3 is 6.03 Å². The molecule has 3 heterocycles. The number of hydrogen-bond donors (Lipinski definition) is 1. The largest absolute Gasteiger partial charge is 0.391 e. The molecule has 0 unspecified atom stereocenters. The van der Waals surface area contributed by atoms with Crippen molar-refractivity contribution in [3.05, 3.63) is 48.2 Å². The first-order chi connectivity index (χ1) is 11.1. The van der Waals surface area contributed by atoms with Gasteiger partial charge < -0.3 is 10.0 Å². The molecule has 3 amide bonds. The van der Waals surface area contributed by atoms with Crippen LogP contribution in [0.4, 0.5) is 10.6 Å². The number of carbonyl (C=O) groups is 2. The molecule has 7 heteroatoms. The van der Waals surface area contributed by atoms with E-state index in [2.05, 4.69) is 5.10 Å². The second kappa shape index (κ2) is 5.20. The minimum absolute atomic E-state index is 0.205. The Hall–Kier alpha value is -2.67. The van der Waals surface area contributed by atoms with Crippen molar-refractivity contribution in [1.82, 2.24) is 14.7 Å². The zero-order valence-electron chi connectivity index (χ0n) is 12.4. The monoisotopic (exact) mass is 312 g/mol. The van der Waals surface area contributed by atoms with Crippen LogP contribution in [0.3, 0.4) is 0 Å². The Morgan fingerprint density at radius 3 is 2.70 bits per heavy atom. The second-order valence-electron chi connectivity index (χ2n) is 5.87. The summed E-state index contributed by atoms with van der Waals surface area (Å²) in [6, 6.07) is 10.5. The molecular weight excluding hydrogens is 296 g/mol. The predicted octanol–water partition coefficient (Wildman–Crippen LogP) is 0.833. The molecule has 1 aromatic carbocycles. The molecule has 1 aromatic heterocycles. The summed E-state index contributed by atoms with van der Waals surface area (Å²) in [6.07, 6.45) is 1.43. The van der Waals surface area contributed by atoms with E-state index in [1.807, 2.05) is 30.3 Å². The number of benzene rings is 1. The van der Waals surface area contributed by atoms with Gasteiger partial charge in [0, 0.05) is 25.2 Å². The van der Waals surface area contributed by atoms with Crippen molar-refractivity contribution in [1.29, 1.82) is 0 Å². The van der Waals surface area contributed by atoms with Gasteiger partial charge in [-0.05, 0) is 5.56 Å². The van der Waals surface area contributed by atoms with E-state index in [9.17, 15) is 14.7 Å². The van der Waals surface area contributed by atoms with Crippen LogP contribution in [-0.2, 0) is 11.3 Å². The summed E-state index contributed by atoms with van der Waals surface area (Å²) >= 11 is 0. The standard InChI is InChI=1S/C16H16N4O3/c21-12-8-13-15(22)20(16(23)19(13)10-12)14-6-7-18(17-14)9-11-4-2-1-3-5-11/h1-7,12-13,21H,8-10H2/t12-,13+/m1/s1. The highest BCUT2D eigenvalue weighted by Crippen LogP contribution is 2.30. The molecule has 2 aromatic rings. The molecule has 2 aliphatic rings. The van der Waals surface area contributed by atoms with Gasteiger partial charge in [-0.25, -0.2) is 9.69 Å². The Morgan fingerprint density at radius 2 is 1.96 bits per heavy atom. The van der Waals surface area contributed by atoms with Crippen molar-refractivity contribution in [2.45, 2.75) is 25.1 Å². The van der Waals surface area contributed by atoms with Gasteiger partial charge in [-0.2, -0.15) is 5.10 Å². The molecule has 2 fully saturated rings. The molecule has 7 nitrogen and oxygen atoms in total. The van der Waals surface area contributed by atoms with Crippen LogP contribution in [-0.4, -0.2) is 50.4 Å². The number of aromatic nitrogens is 2. The van der Waals surface area contributed by atoms with Crippen LogP contribution in [0.1, 0.15) is 12.0 Å². The summed E-state index contributed by atoms with van der Waals surface area (Å²) in [4.78, 5) is 27.3. The normalized spacial score (nSPS) is 23.7. The van der Waals surface area contributed by atoms with E-state index in [0.29, 0.717) is 18.8 Å². The first-order valence-corrected chi connectivity index (χ1v) is 7.53. The number of carbonyl (C=O) groups excluding carboxylic acids is 2. The van der Waals surface area contributed by atoms with Crippen molar-refractivity contribution in [3.63, 3.8) is 0 Å². The van der Waals surface area contributed by atoms with Crippen molar-refractivity contribution >= 4 is 17.8 Å². The molecule has 0 bridgehead atoms. The van der Waals surface area contributed by atoms with Crippen LogP contribution < -0.4 is 4.90 Å². The molecule has 2 saturated heterocycles. The number of urea groups is 1. The van der Waals surface area contributed by atoms with Crippen LogP contribution in [0.5, 0.6) is 0 Å². The van der Waals surface area contributed by atoms with Gasteiger partial charge in [0.1, 0.15) is 6.04 Å². The number of fused-ring (bicyclic) bond motifs is 1. The first-order valence-electron chi connectivity index (χ1n) is 7.53. The Morgan fingerprint density at radius 1 is 1.17 bits per heavy atom. The summed E-state index contributed by atoms with van der Waals surface area (Å²) in [6.45, 7) is 0.777. The highest BCUT2D eigenvalue weighted by molar-refractivity contribution is 6.21. The third kappa shape index (κ3) is 2.29. The first kappa shape index (κ1) is 14.0. The maximum absolute atomic E-state index is 12.4. The molecular formula is C16H16N4O3. The Balaban J connectivity index is 1.55. The number of aliphatic hydroxyl groups excluding tert-OH is 1. The molecule has 2 atom stereocenters. The van der Waals surface area contributed by atoms with E-state index in [1.165, 1.54) is 4.90 Å². The van der Waals surface area contributed by atoms with Crippen LogP contribution in [0.25, 0.3) is 0 Å². The second-order valence-corrected chi connectivity index (χ2v) is 5.87. The number of amides is 3. The highest BCUT2D eigenvalue weighted by Gasteiger charge is 2.51.